The number of para-hydroxylation sites is 1. The predicted octanol–water partition coefficient (Wildman–Crippen LogP) is 2.26. The molecule has 1 aromatic rings. The van der Waals surface area contributed by atoms with Crippen molar-refractivity contribution in [2.75, 3.05) is 19.7 Å². The molecule has 0 aliphatic carbocycles. The highest BCUT2D eigenvalue weighted by atomic mass is 16.6. The fourth-order valence-electron chi connectivity index (χ4n) is 2.97. The molecule has 7 nitrogen and oxygen atoms in total. The van der Waals surface area contributed by atoms with Gasteiger partial charge in [0.1, 0.15) is 5.56 Å². The maximum atomic E-state index is 12.2. The van der Waals surface area contributed by atoms with E-state index >= 15 is 0 Å². The van der Waals surface area contributed by atoms with Gasteiger partial charge in [-0.15, -0.1) is 0 Å². The predicted molar refractivity (Wildman–Crippen MR) is 82.9 cm³/mol. The molecule has 2 atom stereocenters. The zero-order valence-corrected chi connectivity index (χ0v) is 13.2. The van der Waals surface area contributed by atoms with E-state index in [2.05, 4.69) is 13.8 Å². The summed E-state index contributed by atoms with van der Waals surface area (Å²) in [5.74, 6) is -0.304. The fourth-order valence-corrected chi connectivity index (χ4v) is 2.97. The first-order valence-corrected chi connectivity index (χ1v) is 7.56. The lowest BCUT2D eigenvalue weighted by molar-refractivity contribution is -0.385. The van der Waals surface area contributed by atoms with Crippen molar-refractivity contribution in [1.29, 1.82) is 0 Å². The van der Waals surface area contributed by atoms with E-state index in [0.29, 0.717) is 24.9 Å². The van der Waals surface area contributed by atoms with E-state index in [1.54, 1.807) is 4.90 Å². The number of esters is 1. The number of carbonyl (C=O) groups excluding carboxylic acids is 2. The van der Waals surface area contributed by atoms with Gasteiger partial charge >= 0.3 is 5.97 Å². The number of piperidine rings is 1. The zero-order chi connectivity index (χ0) is 17.0. The molecule has 1 heterocycles. The third-order valence-electron chi connectivity index (χ3n) is 3.87. The molecule has 0 aromatic heterocycles. The van der Waals surface area contributed by atoms with Crippen molar-refractivity contribution in [1.82, 2.24) is 4.90 Å². The van der Waals surface area contributed by atoms with Crippen LogP contribution < -0.4 is 0 Å². The highest BCUT2D eigenvalue weighted by molar-refractivity contribution is 5.95. The fraction of sp³-hybridized carbons (Fsp3) is 0.500. The number of ether oxygens (including phenoxy) is 1. The van der Waals surface area contributed by atoms with Crippen LogP contribution >= 0.6 is 0 Å². The second kappa shape index (κ2) is 7.21. The van der Waals surface area contributed by atoms with Gasteiger partial charge in [-0.05, 0) is 24.3 Å². The van der Waals surface area contributed by atoms with Crippen LogP contribution in [0.5, 0.6) is 0 Å². The second-order valence-corrected chi connectivity index (χ2v) is 6.10. The van der Waals surface area contributed by atoms with Gasteiger partial charge in [0.25, 0.3) is 11.6 Å². The van der Waals surface area contributed by atoms with E-state index in [0.717, 1.165) is 6.42 Å². The van der Waals surface area contributed by atoms with Gasteiger partial charge in [0.2, 0.25) is 0 Å². The van der Waals surface area contributed by atoms with Crippen LogP contribution in [-0.2, 0) is 9.53 Å². The Labute approximate surface area is 134 Å². The minimum atomic E-state index is -0.858. The van der Waals surface area contributed by atoms with Gasteiger partial charge in [-0.2, -0.15) is 0 Å². The van der Waals surface area contributed by atoms with Crippen LogP contribution in [0.15, 0.2) is 24.3 Å². The van der Waals surface area contributed by atoms with Crippen molar-refractivity contribution in [3.05, 3.63) is 39.9 Å². The number of nitrogens with zero attached hydrogens (tertiary/aromatic N) is 2. The number of rotatable bonds is 4. The van der Waals surface area contributed by atoms with E-state index < -0.39 is 17.5 Å². The van der Waals surface area contributed by atoms with E-state index in [1.807, 2.05) is 0 Å². The van der Waals surface area contributed by atoms with Gasteiger partial charge in [0.05, 0.1) is 4.92 Å². The minimum Gasteiger partial charge on any atom is -0.452 e. The van der Waals surface area contributed by atoms with Crippen LogP contribution in [0, 0.1) is 22.0 Å². The lowest BCUT2D eigenvalue weighted by Crippen LogP contribution is -2.44. The van der Waals surface area contributed by atoms with Crippen LogP contribution in [0.3, 0.4) is 0 Å². The molecule has 0 spiro atoms. The molecule has 23 heavy (non-hydrogen) atoms. The Hall–Kier alpha value is -2.44. The van der Waals surface area contributed by atoms with Gasteiger partial charge in [0, 0.05) is 19.2 Å². The normalized spacial score (nSPS) is 20.9. The molecule has 2 rings (SSSR count). The number of amides is 1. The standard InChI is InChI=1S/C16H20N2O5/c1-11-7-12(2)9-17(8-11)15(19)10-23-16(20)13-5-3-4-6-14(13)18(21)22/h3-6,11-12H,7-10H2,1-2H3. The second-order valence-electron chi connectivity index (χ2n) is 6.10. The Bertz CT molecular complexity index is 606. The Morgan fingerprint density at radius 3 is 2.48 bits per heavy atom. The third-order valence-corrected chi connectivity index (χ3v) is 3.87. The molecular formula is C16H20N2O5. The Kier molecular flexibility index (Phi) is 5.31. The highest BCUT2D eigenvalue weighted by Crippen LogP contribution is 2.21. The molecule has 124 valence electrons. The number of nitro groups is 1. The van der Waals surface area contributed by atoms with Gasteiger partial charge in [-0.1, -0.05) is 26.0 Å². The lowest BCUT2D eigenvalue weighted by Gasteiger charge is -2.34. The molecule has 2 unspecified atom stereocenters. The van der Waals surface area contributed by atoms with Crippen molar-refractivity contribution < 1.29 is 19.2 Å². The summed E-state index contributed by atoms with van der Waals surface area (Å²) in [6.07, 6.45) is 1.07. The summed E-state index contributed by atoms with van der Waals surface area (Å²) in [6.45, 7) is 5.05. The SMILES string of the molecule is CC1CC(C)CN(C(=O)COC(=O)c2ccccc2[N+](=O)[O-])C1. The molecule has 0 radical (unpaired) electrons. The number of likely N-dealkylation sites (tertiary alicyclic amines) is 1. The van der Waals surface area contributed by atoms with E-state index in [1.165, 1.54) is 24.3 Å². The van der Waals surface area contributed by atoms with Crippen molar-refractivity contribution in [2.24, 2.45) is 11.8 Å². The number of hydrogen-bond acceptors (Lipinski definition) is 5. The molecule has 1 fully saturated rings. The minimum absolute atomic E-state index is 0.148. The first kappa shape index (κ1) is 16.9. The van der Waals surface area contributed by atoms with Crippen LogP contribution in [0.4, 0.5) is 5.69 Å². The molecule has 1 aliphatic heterocycles. The first-order chi connectivity index (χ1) is 10.9. The highest BCUT2D eigenvalue weighted by Gasteiger charge is 2.27. The Morgan fingerprint density at radius 1 is 1.26 bits per heavy atom. The van der Waals surface area contributed by atoms with Gasteiger partial charge < -0.3 is 9.64 Å². The molecule has 0 N–H and O–H groups in total. The average molecular weight is 320 g/mol. The average Bonchev–Trinajstić information content (AvgIpc) is 2.51. The zero-order valence-electron chi connectivity index (χ0n) is 13.2. The van der Waals surface area contributed by atoms with Crippen LogP contribution in [0.1, 0.15) is 30.6 Å². The van der Waals surface area contributed by atoms with Crippen LogP contribution in [-0.4, -0.2) is 41.4 Å². The Morgan fingerprint density at radius 2 is 1.87 bits per heavy atom. The summed E-state index contributed by atoms with van der Waals surface area (Å²) >= 11 is 0. The van der Waals surface area contributed by atoms with E-state index in [-0.39, 0.29) is 17.2 Å². The molecule has 1 aliphatic rings. The largest absolute Gasteiger partial charge is 0.452 e. The summed E-state index contributed by atoms with van der Waals surface area (Å²) < 4.78 is 4.97. The van der Waals surface area contributed by atoms with Gasteiger partial charge in [0.15, 0.2) is 6.61 Å². The monoisotopic (exact) mass is 320 g/mol. The summed E-state index contributed by atoms with van der Waals surface area (Å²) in [5.41, 5.74) is -0.476. The van der Waals surface area contributed by atoms with Crippen molar-refractivity contribution in [3.63, 3.8) is 0 Å². The van der Waals surface area contributed by atoms with Gasteiger partial charge in [-0.3, -0.25) is 14.9 Å². The summed E-state index contributed by atoms with van der Waals surface area (Å²) in [4.78, 5) is 36.1. The van der Waals surface area contributed by atoms with Crippen molar-refractivity contribution >= 4 is 17.6 Å². The third kappa shape index (κ3) is 4.28. The molecule has 1 saturated heterocycles. The summed E-state index contributed by atoms with van der Waals surface area (Å²) in [6, 6.07) is 5.53. The molecule has 1 aromatic carbocycles. The number of nitro benzene ring substituents is 1. The van der Waals surface area contributed by atoms with Crippen molar-refractivity contribution in [3.8, 4) is 0 Å². The molecular weight excluding hydrogens is 300 g/mol. The molecule has 1 amide bonds. The van der Waals surface area contributed by atoms with E-state index in [9.17, 15) is 19.7 Å². The molecule has 0 bridgehead atoms. The maximum Gasteiger partial charge on any atom is 0.345 e. The number of hydrogen-bond donors (Lipinski definition) is 0. The first-order valence-electron chi connectivity index (χ1n) is 7.56. The topological polar surface area (TPSA) is 89.8 Å². The van der Waals surface area contributed by atoms with Crippen LogP contribution in [0.25, 0.3) is 0 Å². The van der Waals surface area contributed by atoms with Gasteiger partial charge in [-0.25, -0.2) is 4.79 Å². The van der Waals surface area contributed by atoms with Crippen LogP contribution in [0.2, 0.25) is 0 Å². The lowest BCUT2D eigenvalue weighted by atomic mass is 9.92. The molecule has 7 heteroatoms. The number of benzene rings is 1. The quantitative estimate of drug-likeness (QED) is 0.482. The summed E-state index contributed by atoms with van der Waals surface area (Å²) in [5, 5.41) is 10.9. The maximum absolute atomic E-state index is 12.2. The van der Waals surface area contributed by atoms with Crippen molar-refractivity contribution in [2.45, 2.75) is 20.3 Å². The Balaban J connectivity index is 1.97. The molecule has 0 saturated carbocycles. The van der Waals surface area contributed by atoms with E-state index in [4.69, 9.17) is 4.74 Å². The smallest absolute Gasteiger partial charge is 0.345 e. The summed E-state index contributed by atoms with van der Waals surface area (Å²) in [7, 11) is 0. The number of carbonyl (C=O) groups is 2.